The van der Waals surface area contributed by atoms with Gasteiger partial charge in [0.1, 0.15) is 0 Å². The van der Waals surface area contributed by atoms with E-state index >= 15 is 0 Å². The second kappa shape index (κ2) is 10.7. The molecule has 0 saturated heterocycles. The average molecular weight is 273 g/mol. The Morgan fingerprint density at radius 2 is 1.60 bits per heavy atom. The third-order valence-electron chi connectivity index (χ3n) is 2.17. The van der Waals surface area contributed by atoms with Crippen molar-refractivity contribution in [1.29, 1.82) is 0 Å². The second-order valence-corrected chi connectivity index (χ2v) is 3.73. The molecule has 0 aromatic heterocycles. The lowest BCUT2D eigenvalue weighted by Gasteiger charge is -1.96. The van der Waals surface area contributed by atoms with Crippen LogP contribution in [0.25, 0.3) is 0 Å². The Hall–Kier alpha value is -2.24. The molecule has 0 heterocycles. The van der Waals surface area contributed by atoms with Crippen LogP contribution in [0.4, 0.5) is 11.4 Å². The maximum Gasteiger partial charge on any atom is 0.0874 e. The lowest BCUT2D eigenvalue weighted by Crippen LogP contribution is -1.91. The van der Waals surface area contributed by atoms with Crippen molar-refractivity contribution in [3.05, 3.63) is 60.7 Å². The average Bonchev–Trinajstić information content (AvgIpc) is 2.51. The lowest BCUT2D eigenvalue weighted by atomic mass is 10.3. The fourth-order valence-corrected chi connectivity index (χ4v) is 1.24. The van der Waals surface area contributed by atoms with Gasteiger partial charge in [-0.05, 0) is 24.3 Å². The Labute approximate surface area is 118 Å². The molecule has 0 saturated carbocycles. The number of ether oxygens (including phenoxy) is 1. The highest BCUT2D eigenvalue weighted by Crippen LogP contribution is 2.11. The number of hydrogen-bond acceptors (Lipinski definition) is 4. The van der Waals surface area contributed by atoms with Gasteiger partial charge in [0.25, 0.3) is 0 Å². The first-order chi connectivity index (χ1) is 9.86. The Bertz CT molecular complexity index is 473. The van der Waals surface area contributed by atoms with Gasteiger partial charge in [-0.2, -0.15) is 0 Å². The lowest BCUT2D eigenvalue weighted by molar-refractivity contribution is 0.135. The van der Waals surface area contributed by atoms with E-state index in [0.717, 1.165) is 11.4 Å². The summed E-state index contributed by atoms with van der Waals surface area (Å²) in [4.78, 5) is 0. The number of hydrogen-bond donors (Lipinski definition) is 2. The van der Waals surface area contributed by atoms with Crippen LogP contribution in [0.5, 0.6) is 0 Å². The van der Waals surface area contributed by atoms with E-state index in [1.54, 1.807) is 7.11 Å². The molecular weight excluding hydrogens is 254 g/mol. The standard InChI is InChI=1S/C12H11N3.C3H8O2/c1-3-7-11(8-4-1)13-15-14-12-9-5-2-6-10-12;1-5-3-2-4/h1-10H,(H,13,14);4H,2-3H2,1H3. The zero-order valence-corrected chi connectivity index (χ0v) is 11.4. The molecule has 2 N–H and O–H groups in total. The molecule has 2 rings (SSSR count). The van der Waals surface area contributed by atoms with E-state index in [1.165, 1.54) is 0 Å². The monoisotopic (exact) mass is 273 g/mol. The summed E-state index contributed by atoms with van der Waals surface area (Å²) >= 11 is 0. The van der Waals surface area contributed by atoms with Crippen LogP contribution in [0.3, 0.4) is 0 Å². The fraction of sp³-hybridized carbons (Fsp3) is 0.200. The molecule has 0 unspecified atom stereocenters. The van der Waals surface area contributed by atoms with Gasteiger partial charge in [0.2, 0.25) is 0 Å². The zero-order chi connectivity index (χ0) is 14.5. The first-order valence-electron chi connectivity index (χ1n) is 6.23. The summed E-state index contributed by atoms with van der Waals surface area (Å²) in [6.07, 6.45) is 0. The van der Waals surface area contributed by atoms with E-state index in [1.807, 2.05) is 60.7 Å². The van der Waals surface area contributed by atoms with Crippen LogP contribution in [-0.2, 0) is 4.74 Å². The number of aliphatic hydroxyl groups is 1. The molecule has 0 atom stereocenters. The van der Waals surface area contributed by atoms with Gasteiger partial charge in [-0.25, -0.2) is 0 Å². The molecule has 0 radical (unpaired) electrons. The van der Waals surface area contributed by atoms with Crippen LogP contribution in [0.2, 0.25) is 0 Å². The van der Waals surface area contributed by atoms with E-state index in [0.29, 0.717) is 6.61 Å². The van der Waals surface area contributed by atoms with Crippen molar-refractivity contribution in [3.63, 3.8) is 0 Å². The maximum atomic E-state index is 7.94. The van der Waals surface area contributed by atoms with Crippen LogP contribution in [0.1, 0.15) is 0 Å². The topological polar surface area (TPSA) is 66.2 Å². The van der Waals surface area contributed by atoms with Crippen molar-refractivity contribution in [1.82, 2.24) is 0 Å². The number of para-hydroxylation sites is 1. The molecule has 0 aliphatic rings. The number of nitrogens with one attached hydrogen (secondary N) is 1. The SMILES string of the molecule is COCCO.c1ccc(N=NNc2ccccc2)cc1. The number of methoxy groups -OCH3 is 1. The minimum Gasteiger partial charge on any atom is -0.394 e. The molecule has 5 heteroatoms. The van der Waals surface area contributed by atoms with Gasteiger partial charge < -0.3 is 9.84 Å². The van der Waals surface area contributed by atoms with Crippen molar-refractivity contribution in [2.24, 2.45) is 10.3 Å². The van der Waals surface area contributed by atoms with Crippen molar-refractivity contribution < 1.29 is 9.84 Å². The number of nitrogens with zero attached hydrogens (tertiary/aromatic N) is 2. The van der Waals surface area contributed by atoms with Crippen molar-refractivity contribution >= 4 is 11.4 Å². The van der Waals surface area contributed by atoms with Gasteiger partial charge >= 0.3 is 0 Å². The molecule has 0 fully saturated rings. The molecule has 2 aromatic rings. The van der Waals surface area contributed by atoms with E-state index in [2.05, 4.69) is 20.5 Å². The van der Waals surface area contributed by atoms with Gasteiger partial charge in [0.15, 0.2) is 0 Å². The highest BCUT2D eigenvalue weighted by molar-refractivity contribution is 5.41. The second-order valence-electron chi connectivity index (χ2n) is 3.73. The van der Waals surface area contributed by atoms with Gasteiger partial charge in [-0.3, -0.25) is 5.43 Å². The van der Waals surface area contributed by atoms with Crippen molar-refractivity contribution in [3.8, 4) is 0 Å². The highest BCUT2D eigenvalue weighted by atomic mass is 16.5. The van der Waals surface area contributed by atoms with Gasteiger partial charge in [-0.1, -0.05) is 41.6 Å². The van der Waals surface area contributed by atoms with Crippen molar-refractivity contribution in [2.45, 2.75) is 0 Å². The number of benzene rings is 2. The molecule has 20 heavy (non-hydrogen) atoms. The van der Waals surface area contributed by atoms with Crippen LogP contribution in [-0.4, -0.2) is 25.4 Å². The third kappa shape index (κ3) is 7.25. The van der Waals surface area contributed by atoms with Gasteiger partial charge in [-0.15, -0.1) is 5.11 Å². The van der Waals surface area contributed by atoms with Crippen molar-refractivity contribution in [2.75, 3.05) is 25.7 Å². The molecule has 2 aromatic carbocycles. The van der Waals surface area contributed by atoms with Gasteiger partial charge in [0, 0.05) is 7.11 Å². The van der Waals surface area contributed by atoms with E-state index in [-0.39, 0.29) is 6.61 Å². The molecule has 5 nitrogen and oxygen atoms in total. The predicted molar refractivity (Wildman–Crippen MR) is 80.0 cm³/mol. The Morgan fingerprint density at radius 1 is 1.00 bits per heavy atom. The Balaban J connectivity index is 0.000000347. The van der Waals surface area contributed by atoms with E-state index in [4.69, 9.17) is 5.11 Å². The summed E-state index contributed by atoms with van der Waals surface area (Å²) in [5, 5.41) is 15.8. The molecule has 0 amide bonds. The Kier molecular flexibility index (Phi) is 8.43. The summed E-state index contributed by atoms with van der Waals surface area (Å²) in [7, 11) is 1.55. The molecule has 0 aliphatic carbocycles. The molecule has 0 bridgehead atoms. The molecule has 0 spiro atoms. The number of aliphatic hydroxyl groups excluding tert-OH is 1. The number of rotatable bonds is 5. The summed E-state index contributed by atoms with van der Waals surface area (Å²) in [6.45, 7) is 0.566. The fourth-order valence-electron chi connectivity index (χ4n) is 1.24. The molecule has 0 aliphatic heterocycles. The van der Waals surface area contributed by atoms with Crippen LogP contribution in [0, 0.1) is 0 Å². The van der Waals surface area contributed by atoms with E-state index in [9.17, 15) is 0 Å². The summed E-state index contributed by atoms with van der Waals surface area (Å²) < 4.78 is 4.44. The first kappa shape index (κ1) is 15.8. The number of anilines is 1. The van der Waals surface area contributed by atoms with Crippen LogP contribution < -0.4 is 5.43 Å². The van der Waals surface area contributed by atoms with Gasteiger partial charge in [0.05, 0.1) is 24.6 Å². The Morgan fingerprint density at radius 3 is 2.10 bits per heavy atom. The quantitative estimate of drug-likeness (QED) is 0.648. The zero-order valence-electron chi connectivity index (χ0n) is 11.4. The first-order valence-corrected chi connectivity index (χ1v) is 6.23. The largest absolute Gasteiger partial charge is 0.394 e. The smallest absolute Gasteiger partial charge is 0.0874 e. The predicted octanol–water partition coefficient (Wildman–Crippen LogP) is 3.42. The summed E-state index contributed by atoms with van der Waals surface area (Å²) in [5.74, 6) is 0. The van der Waals surface area contributed by atoms with Crippen LogP contribution >= 0.6 is 0 Å². The third-order valence-corrected chi connectivity index (χ3v) is 2.17. The van der Waals surface area contributed by atoms with Crippen LogP contribution in [0.15, 0.2) is 71.0 Å². The summed E-state index contributed by atoms with van der Waals surface area (Å²) in [6, 6.07) is 19.3. The summed E-state index contributed by atoms with van der Waals surface area (Å²) in [5.41, 5.74) is 4.61. The minimum atomic E-state index is 0.122. The molecular formula is C15H19N3O2. The highest BCUT2D eigenvalue weighted by Gasteiger charge is 1.86. The maximum absolute atomic E-state index is 7.94. The minimum absolute atomic E-state index is 0.122. The van der Waals surface area contributed by atoms with E-state index < -0.39 is 0 Å². The normalized spacial score (nSPS) is 9.90. The molecule has 106 valence electrons.